The summed E-state index contributed by atoms with van der Waals surface area (Å²) in [6.07, 6.45) is 6.73. The molecule has 1 aliphatic carbocycles. The molecule has 0 spiro atoms. The zero-order chi connectivity index (χ0) is 27.4. The standard InChI is InChI=1S/C32H36ClN3O3/c1-2-27(31(38)34-25-11-4-3-5-12-25)36(21-22-16-18-24(33)19-17-22)29(37)15-8-20-35-28-14-7-10-23-9-6-13-26(30(23)28)32(35)39/h6-7,9-10,13-14,16-19,25,27H,2-5,8,11-12,15,20-21H2,1H3,(H,34,38)/t27-/m0/s1. The summed E-state index contributed by atoms with van der Waals surface area (Å²) in [6, 6.07) is 18.8. The molecule has 6 nitrogen and oxygen atoms in total. The SMILES string of the molecule is CC[C@@H](C(=O)NC1CCCCC1)N(Cc1ccc(Cl)cc1)C(=O)CCCN1C(=O)c2cccc3cccc1c23. The lowest BCUT2D eigenvalue weighted by Gasteiger charge is -2.33. The van der Waals surface area contributed by atoms with E-state index in [2.05, 4.69) is 5.32 Å². The van der Waals surface area contributed by atoms with Crippen molar-refractivity contribution in [2.45, 2.75) is 76.9 Å². The van der Waals surface area contributed by atoms with Crippen molar-refractivity contribution < 1.29 is 14.4 Å². The molecule has 3 aromatic carbocycles. The van der Waals surface area contributed by atoms with Crippen molar-refractivity contribution in [3.8, 4) is 0 Å². The Morgan fingerprint density at radius 3 is 2.46 bits per heavy atom. The van der Waals surface area contributed by atoms with Crippen molar-refractivity contribution >= 4 is 45.8 Å². The first-order chi connectivity index (χ1) is 19.0. The fraction of sp³-hybridized carbons (Fsp3) is 0.406. The maximum Gasteiger partial charge on any atom is 0.258 e. The van der Waals surface area contributed by atoms with Gasteiger partial charge in [0.25, 0.3) is 5.91 Å². The van der Waals surface area contributed by atoms with E-state index in [0.29, 0.717) is 36.5 Å². The lowest BCUT2D eigenvalue weighted by molar-refractivity contribution is -0.141. The minimum absolute atomic E-state index is 0.0226. The second-order valence-corrected chi connectivity index (χ2v) is 11.1. The molecule has 3 aromatic rings. The van der Waals surface area contributed by atoms with Gasteiger partial charge in [0.1, 0.15) is 6.04 Å². The van der Waals surface area contributed by atoms with Crippen molar-refractivity contribution in [1.29, 1.82) is 0 Å². The lowest BCUT2D eigenvalue weighted by atomic mass is 9.95. The van der Waals surface area contributed by atoms with E-state index in [9.17, 15) is 14.4 Å². The van der Waals surface area contributed by atoms with E-state index < -0.39 is 6.04 Å². The molecule has 0 saturated heterocycles. The Labute approximate surface area is 235 Å². The van der Waals surface area contributed by atoms with E-state index in [4.69, 9.17) is 11.6 Å². The molecule has 1 fully saturated rings. The molecular formula is C32H36ClN3O3. The molecule has 1 aliphatic heterocycles. The van der Waals surface area contributed by atoms with E-state index in [1.165, 1.54) is 6.42 Å². The Hall–Kier alpha value is -3.38. The number of halogens is 1. The molecule has 204 valence electrons. The largest absolute Gasteiger partial charge is 0.352 e. The molecule has 39 heavy (non-hydrogen) atoms. The van der Waals surface area contributed by atoms with Crippen LogP contribution in [0.25, 0.3) is 10.8 Å². The quantitative estimate of drug-likeness (QED) is 0.316. The van der Waals surface area contributed by atoms with Crippen LogP contribution in [-0.4, -0.2) is 41.2 Å². The summed E-state index contributed by atoms with van der Waals surface area (Å²) >= 11 is 6.09. The van der Waals surface area contributed by atoms with E-state index in [1.54, 1.807) is 21.9 Å². The Balaban J connectivity index is 1.29. The number of nitrogens with one attached hydrogen (secondary N) is 1. The van der Waals surface area contributed by atoms with Gasteiger partial charge in [-0.2, -0.15) is 0 Å². The van der Waals surface area contributed by atoms with E-state index in [1.807, 2.05) is 55.5 Å². The van der Waals surface area contributed by atoms with E-state index in [0.717, 1.165) is 47.7 Å². The molecule has 1 atom stereocenters. The van der Waals surface area contributed by atoms with Crippen LogP contribution in [0.5, 0.6) is 0 Å². The zero-order valence-electron chi connectivity index (χ0n) is 22.5. The van der Waals surface area contributed by atoms with Gasteiger partial charge in [0, 0.05) is 41.5 Å². The third-order valence-corrected chi connectivity index (χ3v) is 8.28. The molecule has 7 heteroatoms. The fourth-order valence-corrected chi connectivity index (χ4v) is 6.11. The Kier molecular flexibility index (Phi) is 8.51. The number of rotatable bonds is 10. The maximum atomic E-state index is 13.7. The monoisotopic (exact) mass is 545 g/mol. The van der Waals surface area contributed by atoms with Crippen LogP contribution in [0.4, 0.5) is 5.69 Å². The first-order valence-electron chi connectivity index (χ1n) is 14.1. The molecule has 1 N–H and O–H groups in total. The first kappa shape index (κ1) is 27.2. The van der Waals surface area contributed by atoms with Crippen LogP contribution >= 0.6 is 11.6 Å². The molecule has 2 aliphatic rings. The van der Waals surface area contributed by atoms with Crippen molar-refractivity contribution in [1.82, 2.24) is 10.2 Å². The number of carbonyl (C=O) groups excluding carboxylic acids is 3. The highest BCUT2D eigenvalue weighted by Crippen LogP contribution is 2.37. The highest BCUT2D eigenvalue weighted by molar-refractivity contribution is 6.30. The summed E-state index contributed by atoms with van der Waals surface area (Å²) in [5, 5.41) is 5.87. The van der Waals surface area contributed by atoms with Crippen molar-refractivity contribution in [3.63, 3.8) is 0 Å². The number of hydrogen-bond donors (Lipinski definition) is 1. The Morgan fingerprint density at radius 1 is 1.03 bits per heavy atom. The van der Waals surface area contributed by atoms with Crippen molar-refractivity contribution in [2.24, 2.45) is 0 Å². The van der Waals surface area contributed by atoms with Gasteiger partial charge in [-0.05, 0) is 60.9 Å². The number of benzene rings is 3. The minimum Gasteiger partial charge on any atom is -0.352 e. The molecule has 0 radical (unpaired) electrons. The van der Waals surface area contributed by atoms with Crippen molar-refractivity contribution in [3.05, 3.63) is 76.8 Å². The van der Waals surface area contributed by atoms with Gasteiger partial charge in [0.2, 0.25) is 11.8 Å². The van der Waals surface area contributed by atoms with Crippen molar-refractivity contribution in [2.75, 3.05) is 11.4 Å². The minimum atomic E-state index is -0.554. The summed E-state index contributed by atoms with van der Waals surface area (Å²) in [7, 11) is 0. The summed E-state index contributed by atoms with van der Waals surface area (Å²) < 4.78 is 0. The molecule has 1 heterocycles. The van der Waals surface area contributed by atoms with Crippen LogP contribution in [0.15, 0.2) is 60.7 Å². The number of amides is 3. The smallest absolute Gasteiger partial charge is 0.258 e. The number of carbonyl (C=O) groups is 3. The first-order valence-corrected chi connectivity index (χ1v) is 14.5. The van der Waals surface area contributed by atoms with E-state index >= 15 is 0 Å². The molecule has 0 unspecified atom stereocenters. The van der Waals surface area contributed by atoms with Crippen LogP contribution in [-0.2, 0) is 16.1 Å². The van der Waals surface area contributed by atoms with Gasteiger partial charge >= 0.3 is 0 Å². The molecule has 0 bridgehead atoms. The van der Waals surface area contributed by atoms with Crippen LogP contribution in [0.1, 0.15) is 74.2 Å². The zero-order valence-corrected chi connectivity index (χ0v) is 23.3. The van der Waals surface area contributed by atoms with E-state index in [-0.39, 0.29) is 30.2 Å². The second-order valence-electron chi connectivity index (χ2n) is 10.7. The highest BCUT2D eigenvalue weighted by atomic mass is 35.5. The Bertz CT molecular complexity index is 1350. The van der Waals surface area contributed by atoms with Crippen LogP contribution in [0.3, 0.4) is 0 Å². The predicted octanol–water partition coefficient (Wildman–Crippen LogP) is 6.49. The van der Waals surface area contributed by atoms with Gasteiger partial charge in [-0.3, -0.25) is 14.4 Å². The van der Waals surface area contributed by atoms with Gasteiger partial charge in [-0.15, -0.1) is 0 Å². The molecule has 1 saturated carbocycles. The predicted molar refractivity (Wildman–Crippen MR) is 156 cm³/mol. The topological polar surface area (TPSA) is 69.7 Å². The summed E-state index contributed by atoms with van der Waals surface area (Å²) in [5.41, 5.74) is 2.54. The fourth-order valence-electron chi connectivity index (χ4n) is 5.98. The Morgan fingerprint density at radius 2 is 1.74 bits per heavy atom. The average molecular weight is 546 g/mol. The summed E-state index contributed by atoms with van der Waals surface area (Å²) in [6.45, 7) is 2.73. The van der Waals surface area contributed by atoms with Gasteiger partial charge in [0.15, 0.2) is 0 Å². The average Bonchev–Trinajstić information content (AvgIpc) is 3.22. The molecule has 3 amide bonds. The van der Waals surface area contributed by atoms with Crippen LogP contribution < -0.4 is 10.2 Å². The normalized spacial score (nSPS) is 15.9. The highest BCUT2D eigenvalue weighted by Gasteiger charge is 2.32. The van der Waals surface area contributed by atoms with Gasteiger partial charge in [-0.1, -0.05) is 74.2 Å². The summed E-state index contributed by atoms with van der Waals surface area (Å²) in [5.74, 6) is -0.188. The van der Waals surface area contributed by atoms with Gasteiger partial charge in [-0.25, -0.2) is 0 Å². The molecule has 5 rings (SSSR count). The van der Waals surface area contributed by atoms with Gasteiger partial charge < -0.3 is 15.1 Å². The number of nitrogens with zero attached hydrogens (tertiary/aromatic N) is 2. The lowest BCUT2D eigenvalue weighted by Crippen LogP contribution is -2.51. The summed E-state index contributed by atoms with van der Waals surface area (Å²) in [4.78, 5) is 43.7. The second kappa shape index (κ2) is 12.2. The van der Waals surface area contributed by atoms with Gasteiger partial charge in [0.05, 0.1) is 5.69 Å². The third-order valence-electron chi connectivity index (χ3n) is 8.03. The number of anilines is 1. The maximum absolute atomic E-state index is 13.7. The third kappa shape index (κ3) is 5.96. The molecule has 0 aromatic heterocycles. The molecular weight excluding hydrogens is 510 g/mol. The number of hydrogen-bond acceptors (Lipinski definition) is 3. The van der Waals surface area contributed by atoms with Crippen LogP contribution in [0, 0.1) is 0 Å². The van der Waals surface area contributed by atoms with Crippen LogP contribution in [0.2, 0.25) is 5.02 Å².